The van der Waals surface area contributed by atoms with Crippen molar-refractivity contribution < 1.29 is 0 Å². The summed E-state index contributed by atoms with van der Waals surface area (Å²) in [6, 6.07) is 9.21. The molecule has 0 radical (unpaired) electrons. The zero-order valence-electron chi connectivity index (χ0n) is 21.1. The van der Waals surface area contributed by atoms with Crippen molar-refractivity contribution in [2.45, 2.75) is 103 Å². The number of rotatable bonds is 4. The van der Waals surface area contributed by atoms with Gasteiger partial charge in [-0.15, -0.1) is 0 Å². The monoisotopic (exact) mass is 438 g/mol. The van der Waals surface area contributed by atoms with E-state index < -0.39 is 0 Å². The average Bonchev–Trinajstić information content (AvgIpc) is 3.40. The highest BCUT2D eigenvalue weighted by Crippen LogP contribution is 2.41. The number of fused-ring (bicyclic) bond motifs is 1. The van der Waals surface area contributed by atoms with Crippen LogP contribution in [-0.2, 0) is 5.54 Å². The highest BCUT2D eigenvalue weighted by Gasteiger charge is 2.38. The number of hydrogen-bond acceptors (Lipinski definition) is 3. The number of hydrogen-bond donors (Lipinski definition) is 1. The van der Waals surface area contributed by atoms with Crippen LogP contribution in [0.15, 0.2) is 24.3 Å². The molecule has 0 bridgehead atoms. The molecule has 4 heteroatoms. The van der Waals surface area contributed by atoms with Gasteiger partial charge in [0.15, 0.2) is 0 Å². The molecule has 1 unspecified atom stereocenters. The number of nitrogens with zero attached hydrogens (tertiary/aromatic N) is 3. The largest absolute Gasteiger partial charge is 0.323 e. The van der Waals surface area contributed by atoms with Gasteiger partial charge in [0.2, 0.25) is 0 Å². The summed E-state index contributed by atoms with van der Waals surface area (Å²) in [7, 11) is 0. The Hall–Kier alpha value is -1.39. The average molecular weight is 439 g/mol. The molecule has 0 spiro atoms. The summed E-state index contributed by atoms with van der Waals surface area (Å²) in [6.45, 7) is 12.6. The molecule has 2 saturated carbocycles. The Balaban J connectivity index is 0.00000119. The Kier molecular flexibility index (Phi) is 7.31. The van der Waals surface area contributed by atoms with E-state index in [1.165, 1.54) is 76.5 Å². The minimum absolute atomic E-state index is 0.232. The van der Waals surface area contributed by atoms with Gasteiger partial charge in [0.05, 0.1) is 16.6 Å². The van der Waals surface area contributed by atoms with Crippen molar-refractivity contribution in [3.63, 3.8) is 0 Å². The van der Waals surface area contributed by atoms with Crippen LogP contribution in [0.1, 0.15) is 104 Å². The van der Waals surface area contributed by atoms with Crippen LogP contribution in [0.3, 0.4) is 0 Å². The Labute approximate surface area is 196 Å². The minimum Gasteiger partial charge on any atom is -0.323 e. The number of piperidine rings is 1. The second kappa shape index (κ2) is 9.85. The topological polar surface area (TPSA) is 47.1 Å². The van der Waals surface area contributed by atoms with E-state index in [1.807, 2.05) is 13.8 Å². The third kappa shape index (κ3) is 4.92. The number of nitrogens with two attached hydrogens (primary N) is 1. The lowest BCUT2D eigenvalue weighted by molar-refractivity contribution is 0.109. The van der Waals surface area contributed by atoms with Crippen LogP contribution >= 0.6 is 0 Å². The SMILES string of the molecule is CC.CC1(C)CCCC(CN2CCC(n3c(C4(N)CCCC4)nc4ccccc43)CC2)C1. The number of aromatic nitrogens is 2. The van der Waals surface area contributed by atoms with Crippen LogP contribution in [-0.4, -0.2) is 34.1 Å². The molecule has 1 atom stereocenters. The second-order valence-corrected chi connectivity index (χ2v) is 11.3. The molecule has 178 valence electrons. The fourth-order valence-electron chi connectivity index (χ4n) is 6.73. The van der Waals surface area contributed by atoms with Gasteiger partial charge in [0.1, 0.15) is 5.82 Å². The van der Waals surface area contributed by atoms with E-state index in [1.54, 1.807) is 0 Å². The van der Waals surface area contributed by atoms with E-state index in [-0.39, 0.29) is 5.54 Å². The van der Waals surface area contributed by atoms with Crippen molar-refractivity contribution in [3.05, 3.63) is 30.1 Å². The highest BCUT2D eigenvalue weighted by molar-refractivity contribution is 5.76. The number of likely N-dealkylation sites (tertiary alicyclic amines) is 1. The summed E-state index contributed by atoms with van der Waals surface area (Å²) in [5.41, 5.74) is 9.66. The number of benzene rings is 1. The maximum atomic E-state index is 6.93. The van der Waals surface area contributed by atoms with E-state index >= 15 is 0 Å². The number of imidazole rings is 1. The summed E-state index contributed by atoms with van der Waals surface area (Å²) in [5.74, 6) is 2.05. The van der Waals surface area contributed by atoms with Gasteiger partial charge in [-0.2, -0.15) is 0 Å². The molecule has 32 heavy (non-hydrogen) atoms. The third-order valence-corrected chi connectivity index (χ3v) is 8.28. The summed E-state index contributed by atoms with van der Waals surface area (Å²) >= 11 is 0. The van der Waals surface area contributed by atoms with Gasteiger partial charge in [-0.25, -0.2) is 4.98 Å². The Morgan fingerprint density at radius 2 is 1.66 bits per heavy atom. The van der Waals surface area contributed by atoms with E-state index in [0.717, 1.165) is 30.1 Å². The Morgan fingerprint density at radius 1 is 0.969 bits per heavy atom. The lowest BCUT2D eigenvalue weighted by Crippen LogP contribution is -2.41. The quantitative estimate of drug-likeness (QED) is 0.582. The molecular formula is C28H46N4. The lowest BCUT2D eigenvalue weighted by atomic mass is 9.72. The first kappa shape index (κ1) is 23.8. The van der Waals surface area contributed by atoms with E-state index in [4.69, 9.17) is 10.7 Å². The highest BCUT2D eigenvalue weighted by atomic mass is 15.2. The minimum atomic E-state index is -0.232. The third-order valence-electron chi connectivity index (χ3n) is 8.28. The Morgan fingerprint density at radius 3 is 2.34 bits per heavy atom. The zero-order chi connectivity index (χ0) is 22.8. The van der Waals surface area contributed by atoms with Crippen molar-refractivity contribution in [1.82, 2.24) is 14.5 Å². The maximum absolute atomic E-state index is 6.93. The van der Waals surface area contributed by atoms with Crippen LogP contribution < -0.4 is 5.73 Å². The molecule has 1 aromatic heterocycles. The molecule has 5 rings (SSSR count). The standard InChI is InChI=1S/C26H40N4.C2H6/c1-25(2)13-7-8-20(18-25)19-29-16-11-21(12-17-29)30-23-10-4-3-9-22(23)28-24(30)26(27)14-5-6-15-26;1-2/h3-4,9-10,20-21H,5-8,11-19,27H2,1-2H3;1-2H3. The molecule has 4 nitrogen and oxygen atoms in total. The van der Waals surface area contributed by atoms with Gasteiger partial charge in [0, 0.05) is 25.7 Å². The van der Waals surface area contributed by atoms with Crippen LogP contribution in [0, 0.1) is 11.3 Å². The molecule has 1 aromatic carbocycles. The normalized spacial score (nSPS) is 26.1. The molecule has 3 aliphatic rings. The summed E-state index contributed by atoms with van der Waals surface area (Å²) in [6.07, 6.45) is 12.7. The van der Waals surface area contributed by atoms with E-state index in [0.29, 0.717) is 11.5 Å². The van der Waals surface area contributed by atoms with Gasteiger partial charge < -0.3 is 15.2 Å². The van der Waals surface area contributed by atoms with Gasteiger partial charge in [-0.1, -0.05) is 59.1 Å². The molecule has 1 aliphatic heterocycles. The first-order chi connectivity index (χ1) is 15.4. The molecule has 2 aromatic rings. The van der Waals surface area contributed by atoms with Crippen molar-refractivity contribution >= 4 is 11.0 Å². The lowest BCUT2D eigenvalue weighted by Gasteiger charge is -2.40. The van der Waals surface area contributed by atoms with Gasteiger partial charge in [-0.3, -0.25) is 0 Å². The van der Waals surface area contributed by atoms with Gasteiger partial charge >= 0.3 is 0 Å². The first-order valence-electron chi connectivity index (χ1n) is 13.4. The van der Waals surface area contributed by atoms with Crippen LogP contribution in [0.2, 0.25) is 0 Å². The molecular weight excluding hydrogens is 392 g/mol. The summed E-state index contributed by atoms with van der Waals surface area (Å²) < 4.78 is 2.56. The summed E-state index contributed by atoms with van der Waals surface area (Å²) in [4.78, 5) is 7.84. The van der Waals surface area contributed by atoms with Crippen molar-refractivity contribution in [2.24, 2.45) is 17.1 Å². The van der Waals surface area contributed by atoms with E-state index in [2.05, 4.69) is 47.6 Å². The summed E-state index contributed by atoms with van der Waals surface area (Å²) in [5, 5.41) is 0. The molecule has 3 fully saturated rings. The van der Waals surface area contributed by atoms with Crippen LogP contribution in [0.25, 0.3) is 11.0 Å². The molecule has 2 aliphatic carbocycles. The predicted molar refractivity (Wildman–Crippen MR) is 136 cm³/mol. The molecule has 2 N–H and O–H groups in total. The fourth-order valence-corrected chi connectivity index (χ4v) is 6.73. The zero-order valence-corrected chi connectivity index (χ0v) is 21.1. The van der Waals surface area contributed by atoms with Gasteiger partial charge in [0.25, 0.3) is 0 Å². The van der Waals surface area contributed by atoms with Crippen molar-refractivity contribution in [3.8, 4) is 0 Å². The Bertz CT molecular complexity index is 869. The van der Waals surface area contributed by atoms with Crippen LogP contribution in [0.5, 0.6) is 0 Å². The second-order valence-electron chi connectivity index (χ2n) is 11.3. The fraction of sp³-hybridized carbons (Fsp3) is 0.750. The molecule has 1 saturated heterocycles. The van der Waals surface area contributed by atoms with Crippen molar-refractivity contribution in [2.75, 3.05) is 19.6 Å². The predicted octanol–water partition coefficient (Wildman–Crippen LogP) is 6.64. The smallest absolute Gasteiger partial charge is 0.130 e. The first-order valence-corrected chi connectivity index (χ1v) is 13.4. The number of para-hydroxylation sites is 2. The molecule has 2 heterocycles. The van der Waals surface area contributed by atoms with E-state index in [9.17, 15) is 0 Å². The maximum Gasteiger partial charge on any atom is 0.130 e. The van der Waals surface area contributed by atoms with Crippen molar-refractivity contribution in [1.29, 1.82) is 0 Å². The van der Waals surface area contributed by atoms with Gasteiger partial charge in [-0.05, 0) is 68.4 Å². The van der Waals surface area contributed by atoms with Crippen LogP contribution in [0.4, 0.5) is 0 Å². The molecule has 0 amide bonds.